The van der Waals surface area contributed by atoms with E-state index in [1.807, 2.05) is 6.92 Å². The maximum Gasteiger partial charge on any atom is 0.269 e. The summed E-state index contributed by atoms with van der Waals surface area (Å²) >= 11 is 0. The molecule has 0 aliphatic carbocycles. The lowest BCUT2D eigenvalue weighted by Crippen LogP contribution is -2.41. The number of carbonyl (C=O) groups excluding carboxylic acids is 1. The second kappa shape index (κ2) is 5.97. The van der Waals surface area contributed by atoms with Gasteiger partial charge in [0.15, 0.2) is 0 Å². The summed E-state index contributed by atoms with van der Waals surface area (Å²) in [5.41, 5.74) is 1.46. The smallest absolute Gasteiger partial charge is 0.269 e. The lowest BCUT2D eigenvalue weighted by atomic mass is 10.3. The predicted octanol–water partition coefficient (Wildman–Crippen LogP) is -0.209. The monoisotopic (exact) mass is 252 g/mol. The van der Waals surface area contributed by atoms with Gasteiger partial charge in [0.1, 0.15) is 5.69 Å². The van der Waals surface area contributed by atoms with E-state index >= 15 is 0 Å². The van der Waals surface area contributed by atoms with E-state index in [1.54, 1.807) is 17.8 Å². The van der Waals surface area contributed by atoms with Gasteiger partial charge < -0.3 is 10.1 Å². The highest BCUT2D eigenvalue weighted by molar-refractivity contribution is 5.92. The molecular weight excluding hydrogens is 232 g/mol. The topological polar surface area (TPSA) is 59.4 Å². The van der Waals surface area contributed by atoms with E-state index in [0.29, 0.717) is 12.2 Å². The van der Waals surface area contributed by atoms with Gasteiger partial charge in [0.25, 0.3) is 5.91 Å². The zero-order valence-electron chi connectivity index (χ0n) is 11.0. The van der Waals surface area contributed by atoms with Crippen LogP contribution in [0.15, 0.2) is 6.07 Å². The van der Waals surface area contributed by atoms with Gasteiger partial charge in [0, 0.05) is 33.2 Å². The van der Waals surface area contributed by atoms with Crippen LogP contribution in [-0.2, 0) is 11.8 Å². The van der Waals surface area contributed by atoms with Gasteiger partial charge in [-0.1, -0.05) is 0 Å². The Morgan fingerprint density at radius 2 is 2.22 bits per heavy atom. The summed E-state index contributed by atoms with van der Waals surface area (Å²) in [6, 6.07) is 1.80. The third kappa shape index (κ3) is 3.30. The van der Waals surface area contributed by atoms with E-state index in [2.05, 4.69) is 15.3 Å². The molecule has 100 valence electrons. The maximum atomic E-state index is 11.9. The van der Waals surface area contributed by atoms with Crippen LogP contribution in [0.5, 0.6) is 0 Å². The number of hydrogen-bond acceptors (Lipinski definition) is 4. The lowest BCUT2D eigenvalue weighted by Gasteiger charge is -2.26. The number of nitrogens with one attached hydrogen (secondary N) is 1. The minimum absolute atomic E-state index is 0.0636. The average Bonchev–Trinajstić information content (AvgIpc) is 2.70. The molecule has 0 saturated carbocycles. The van der Waals surface area contributed by atoms with Crippen LogP contribution in [-0.4, -0.2) is 60.0 Å². The Kier molecular flexibility index (Phi) is 4.33. The van der Waals surface area contributed by atoms with Gasteiger partial charge in [-0.05, 0) is 13.0 Å². The number of aromatic nitrogens is 2. The van der Waals surface area contributed by atoms with Crippen molar-refractivity contribution in [1.29, 1.82) is 0 Å². The first-order valence-corrected chi connectivity index (χ1v) is 6.26. The number of carbonyl (C=O) groups is 1. The Morgan fingerprint density at radius 1 is 1.50 bits per heavy atom. The first kappa shape index (κ1) is 13.0. The lowest BCUT2D eigenvalue weighted by molar-refractivity contribution is 0.0383. The van der Waals surface area contributed by atoms with Crippen molar-refractivity contribution in [3.8, 4) is 0 Å². The molecule has 2 rings (SSSR count). The van der Waals surface area contributed by atoms with Crippen molar-refractivity contribution in [3.63, 3.8) is 0 Å². The summed E-state index contributed by atoms with van der Waals surface area (Å²) in [5.74, 6) is -0.0636. The van der Waals surface area contributed by atoms with E-state index in [-0.39, 0.29) is 5.91 Å². The molecule has 1 fully saturated rings. The SMILES string of the molecule is Cc1cc(C(=O)NCCN2CCOCC2)n(C)n1. The molecule has 1 N–H and O–H groups in total. The summed E-state index contributed by atoms with van der Waals surface area (Å²) in [6.45, 7) is 6.87. The van der Waals surface area contributed by atoms with Gasteiger partial charge in [-0.25, -0.2) is 0 Å². The molecule has 0 atom stereocenters. The summed E-state index contributed by atoms with van der Waals surface area (Å²) in [7, 11) is 1.78. The second-order valence-corrected chi connectivity index (χ2v) is 4.50. The normalized spacial score (nSPS) is 16.8. The summed E-state index contributed by atoms with van der Waals surface area (Å²) in [5, 5.41) is 7.08. The third-order valence-electron chi connectivity index (χ3n) is 3.05. The molecule has 0 unspecified atom stereocenters. The molecule has 1 aromatic heterocycles. The largest absolute Gasteiger partial charge is 0.379 e. The molecule has 18 heavy (non-hydrogen) atoms. The number of nitrogens with zero attached hydrogens (tertiary/aromatic N) is 3. The molecule has 1 aromatic rings. The standard InChI is InChI=1S/C12H20N4O2/c1-10-9-11(15(2)14-10)12(17)13-3-4-16-5-7-18-8-6-16/h9H,3-8H2,1-2H3,(H,13,17). The van der Waals surface area contributed by atoms with Gasteiger partial charge >= 0.3 is 0 Å². The average molecular weight is 252 g/mol. The third-order valence-corrected chi connectivity index (χ3v) is 3.05. The molecule has 6 nitrogen and oxygen atoms in total. The molecule has 1 amide bonds. The molecule has 6 heteroatoms. The highest BCUT2D eigenvalue weighted by Crippen LogP contribution is 2.01. The number of rotatable bonds is 4. The minimum Gasteiger partial charge on any atom is -0.379 e. The zero-order valence-corrected chi connectivity index (χ0v) is 11.0. The van der Waals surface area contributed by atoms with Crippen molar-refractivity contribution >= 4 is 5.91 Å². The van der Waals surface area contributed by atoms with Crippen LogP contribution in [0.25, 0.3) is 0 Å². The zero-order chi connectivity index (χ0) is 13.0. The van der Waals surface area contributed by atoms with E-state index in [9.17, 15) is 4.79 Å². The molecule has 1 aliphatic heterocycles. The van der Waals surface area contributed by atoms with Crippen LogP contribution in [0.1, 0.15) is 16.2 Å². The van der Waals surface area contributed by atoms with Crippen molar-refractivity contribution in [3.05, 3.63) is 17.5 Å². The minimum atomic E-state index is -0.0636. The Morgan fingerprint density at radius 3 is 2.83 bits per heavy atom. The molecule has 1 saturated heterocycles. The first-order chi connectivity index (χ1) is 8.66. The molecule has 0 spiro atoms. The van der Waals surface area contributed by atoms with E-state index in [1.165, 1.54) is 0 Å². The van der Waals surface area contributed by atoms with Crippen LogP contribution in [0, 0.1) is 6.92 Å². The second-order valence-electron chi connectivity index (χ2n) is 4.50. The van der Waals surface area contributed by atoms with Crippen LogP contribution >= 0.6 is 0 Å². The molecular formula is C12H20N4O2. The summed E-state index contributed by atoms with van der Waals surface area (Å²) < 4.78 is 6.88. The van der Waals surface area contributed by atoms with E-state index < -0.39 is 0 Å². The van der Waals surface area contributed by atoms with Crippen LogP contribution in [0.3, 0.4) is 0 Å². The van der Waals surface area contributed by atoms with Crippen LogP contribution in [0.2, 0.25) is 0 Å². The van der Waals surface area contributed by atoms with Gasteiger partial charge in [-0.3, -0.25) is 14.4 Å². The fourth-order valence-corrected chi connectivity index (χ4v) is 2.07. The van der Waals surface area contributed by atoms with Crippen LogP contribution in [0.4, 0.5) is 0 Å². The van der Waals surface area contributed by atoms with Gasteiger partial charge in [-0.15, -0.1) is 0 Å². The quantitative estimate of drug-likeness (QED) is 0.805. The van der Waals surface area contributed by atoms with Crippen molar-refractivity contribution in [2.24, 2.45) is 7.05 Å². The van der Waals surface area contributed by atoms with E-state index in [4.69, 9.17) is 4.74 Å². The van der Waals surface area contributed by atoms with Crippen molar-refractivity contribution in [1.82, 2.24) is 20.0 Å². The van der Waals surface area contributed by atoms with Gasteiger partial charge in [0.05, 0.1) is 18.9 Å². The molecule has 1 aliphatic rings. The Balaban J connectivity index is 1.76. The van der Waals surface area contributed by atoms with Crippen molar-refractivity contribution in [2.75, 3.05) is 39.4 Å². The molecule has 0 aromatic carbocycles. The number of amides is 1. The Bertz CT molecular complexity index is 410. The van der Waals surface area contributed by atoms with E-state index in [0.717, 1.165) is 38.5 Å². The number of ether oxygens (including phenoxy) is 1. The molecule has 0 radical (unpaired) electrons. The molecule has 2 heterocycles. The fourth-order valence-electron chi connectivity index (χ4n) is 2.07. The summed E-state index contributed by atoms with van der Waals surface area (Å²) in [4.78, 5) is 14.2. The van der Waals surface area contributed by atoms with Gasteiger partial charge in [-0.2, -0.15) is 5.10 Å². The van der Waals surface area contributed by atoms with Crippen molar-refractivity contribution < 1.29 is 9.53 Å². The highest BCUT2D eigenvalue weighted by Gasteiger charge is 2.13. The fraction of sp³-hybridized carbons (Fsp3) is 0.667. The van der Waals surface area contributed by atoms with Gasteiger partial charge in [0.2, 0.25) is 0 Å². The Hall–Kier alpha value is -1.40. The number of morpholine rings is 1. The highest BCUT2D eigenvalue weighted by atomic mass is 16.5. The molecule has 0 bridgehead atoms. The number of aryl methyl sites for hydroxylation is 2. The predicted molar refractivity (Wildman–Crippen MR) is 67.5 cm³/mol. The van der Waals surface area contributed by atoms with Crippen LogP contribution < -0.4 is 5.32 Å². The first-order valence-electron chi connectivity index (χ1n) is 6.26. The Labute approximate surface area is 107 Å². The maximum absolute atomic E-state index is 11.9. The number of hydrogen-bond donors (Lipinski definition) is 1. The summed E-state index contributed by atoms with van der Waals surface area (Å²) in [6.07, 6.45) is 0. The van der Waals surface area contributed by atoms with Crippen molar-refractivity contribution in [2.45, 2.75) is 6.92 Å².